The van der Waals surface area contributed by atoms with E-state index in [1.54, 1.807) is 24.3 Å². The fourth-order valence-electron chi connectivity index (χ4n) is 2.73. The summed E-state index contributed by atoms with van der Waals surface area (Å²) in [6, 6.07) is 10.7. The third kappa shape index (κ3) is 4.70. The molecule has 2 aromatic carbocycles. The van der Waals surface area contributed by atoms with Gasteiger partial charge >= 0.3 is 11.7 Å². The van der Waals surface area contributed by atoms with Crippen LogP contribution in [0.2, 0.25) is 0 Å². The van der Waals surface area contributed by atoms with Crippen molar-refractivity contribution < 1.29 is 28.6 Å². The van der Waals surface area contributed by atoms with Gasteiger partial charge in [-0.15, -0.1) is 0 Å². The summed E-state index contributed by atoms with van der Waals surface area (Å²) >= 11 is 0. The number of carbonyl (C=O) groups is 3. The largest absolute Gasteiger partial charge is 0.506 e. The number of phenols is 1. The Morgan fingerprint density at radius 2 is 1.93 bits per heavy atom. The van der Waals surface area contributed by atoms with E-state index in [4.69, 9.17) is 9.15 Å². The number of para-hydroxylation sites is 2. The molecule has 3 aromatic rings. The van der Waals surface area contributed by atoms with Crippen LogP contribution in [0.4, 0.5) is 5.69 Å². The van der Waals surface area contributed by atoms with Crippen LogP contribution in [-0.4, -0.2) is 33.9 Å². The number of carbonyl (C=O) groups excluding carboxylic acids is 3. The maximum atomic E-state index is 12.2. The first-order chi connectivity index (χ1) is 13.8. The minimum atomic E-state index is -0.656. The second kappa shape index (κ2) is 8.42. The number of benzene rings is 2. The normalized spacial score (nSPS) is 10.7. The van der Waals surface area contributed by atoms with E-state index in [1.165, 1.54) is 29.7 Å². The molecule has 2 N–H and O–H groups in total. The number of ketones is 1. The minimum Gasteiger partial charge on any atom is -0.506 e. The van der Waals surface area contributed by atoms with Crippen molar-refractivity contribution in [2.45, 2.75) is 19.9 Å². The van der Waals surface area contributed by atoms with Crippen LogP contribution in [0.15, 0.2) is 51.7 Å². The molecule has 150 valence electrons. The summed E-state index contributed by atoms with van der Waals surface area (Å²) in [5.74, 6) is -2.33. The molecule has 0 radical (unpaired) electrons. The van der Waals surface area contributed by atoms with Gasteiger partial charge in [-0.2, -0.15) is 0 Å². The number of fused-ring (bicyclic) bond motifs is 1. The number of rotatable bonds is 7. The Hall–Kier alpha value is -3.88. The summed E-state index contributed by atoms with van der Waals surface area (Å²) in [4.78, 5) is 47.2. The van der Waals surface area contributed by atoms with E-state index in [0.717, 1.165) is 0 Å². The molecule has 0 aliphatic carbocycles. The quantitative estimate of drug-likeness (QED) is 0.354. The maximum Gasteiger partial charge on any atom is 0.419 e. The zero-order valence-electron chi connectivity index (χ0n) is 15.5. The Balaban J connectivity index is 1.58. The van der Waals surface area contributed by atoms with Gasteiger partial charge in [0, 0.05) is 19.0 Å². The lowest BCUT2D eigenvalue weighted by atomic mass is 10.1. The number of nitrogens with one attached hydrogen (secondary N) is 1. The van der Waals surface area contributed by atoms with E-state index < -0.39 is 30.0 Å². The Bertz CT molecular complexity index is 1140. The number of hydrogen-bond donors (Lipinski definition) is 2. The molecule has 1 amide bonds. The molecule has 1 aromatic heterocycles. The van der Waals surface area contributed by atoms with Crippen LogP contribution in [-0.2, 0) is 20.9 Å². The van der Waals surface area contributed by atoms with E-state index in [9.17, 15) is 24.3 Å². The van der Waals surface area contributed by atoms with E-state index in [-0.39, 0.29) is 30.0 Å². The molecule has 29 heavy (non-hydrogen) atoms. The van der Waals surface area contributed by atoms with Gasteiger partial charge in [-0.05, 0) is 30.3 Å². The summed E-state index contributed by atoms with van der Waals surface area (Å²) < 4.78 is 11.4. The molecule has 0 unspecified atom stereocenters. The Morgan fingerprint density at radius 3 is 2.69 bits per heavy atom. The molecule has 0 aliphatic heterocycles. The van der Waals surface area contributed by atoms with Crippen LogP contribution in [0.3, 0.4) is 0 Å². The molecule has 1 heterocycles. The first-order valence-electron chi connectivity index (χ1n) is 8.73. The van der Waals surface area contributed by atoms with Crippen LogP contribution >= 0.6 is 0 Å². The number of aromatic nitrogens is 1. The predicted octanol–water partition coefficient (Wildman–Crippen LogP) is 2.07. The smallest absolute Gasteiger partial charge is 0.419 e. The number of aromatic hydroxyl groups is 1. The van der Waals surface area contributed by atoms with Gasteiger partial charge in [-0.25, -0.2) is 4.79 Å². The van der Waals surface area contributed by atoms with Gasteiger partial charge in [0.25, 0.3) is 0 Å². The lowest BCUT2D eigenvalue weighted by molar-refractivity contribution is -0.142. The van der Waals surface area contributed by atoms with Crippen LogP contribution < -0.4 is 11.1 Å². The SMILES string of the molecule is CC(=O)Nc1cc(C(=O)COC(=O)CCn2c(=O)oc3ccccc32)ccc1O. The highest BCUT2D eigenvalue weighted by Gasteiger charge is 2.14. The van der Waals surface area contributed by atoms with Crippen molar-refractivity contribution in [3.63, 3.8) is 0 Å². The van der Waals surface area contributed by atoms with Gasteiger partial charge in [0.15, 0.2) is 18.0 Å². The van der Waals surface area contributed by atoms with Crippen LogP contribution in [0.1, 0.15) is 23.7 Å². The Morgan fingerprint density at radius 1 is 1.17 bits per heavy atom. The number of anilines is 1. The molecule has 0 saturated heterocycles. The van der Waals surface area contributed by atoms with Crippen molar-refractivity contribution >= 4 is 34.4 Å². The van der Waals surface area contributed by atoms with Crippen LogP contribution in [0.5, 0.6) is 5.75 Å². The number of amides is 1. The summed E-state index contributed by atoms with van der Waals surface area (Å²) in [6.07, 6.45) is -0.122. The highest BCUT2D eigenvalue weighted by Crippen LogP contribution is 2.24. The standard InChI is InChI=1S/C20H18N2O7/c1-12(23)21-14-10-13(6-7-16(14)24)17(25)11-28-19(26)8-9-22-15-4-2-3-5-18(15)29-20(22)27/h2-7,10,24H,8-9,11H2,1H3,(H,21,23). The number of ether oxygens (including phenoxy) is 1. The van der Waals surface area contributed by atoms with Crippen molar-refractivity contribution in [2.24, 2.45) is 0 Å². The molecule has 9 nitrogen and oxygen atoms in total. The lowest BCUT2D eigenvalue weighted by Gasteiger charge is -2.08. The fraction of sp³-hybridized carbons (Fsp3) is 0.200. The van der Waals surface area contributed by atoms with Crippen LogP contribution in [0.25, 0.3) is 11.1 Å². The van der Waals surface area contributed by atoms with Gasteiger partial charge in [0.05, 0.1) is 17.6 Å². The second-order valence-corrected chi connectivity index (χ2v) is 6.23. The number of hydrogen-bond acceptors (Lipinski definition) is 7. The Kier molecular flexibility index (Phi) is 5.77. The van der Waals surface area contributed by atoms with Crippen LogP contribution in [0, 0.1) is 0 Å². The van der Waals surface area contributed by atoms with E-state index >= 15 is 0 Å². The van der Waals surface area contributed by atoms with Gasteiger partial charge in [0.2, 0.25) is 5.91 Å². The fourth-order valence-corrected chi connectivity index (χ4v) is 2.73. The first-order valence-corrected chi connectivity index (χ1v) is 8.73. The number of nitrogens with zero attached hydrogens (tertiary/aromatic N) is 1. The predicted molar refractivity (Wildman–Crippen MR) is 103 cm³/mol. The first kappa shape index (κ1) is 19.9. The molecule has 0 fully saturated rings. The van der Waals surface area contributed by atoms with Crippen molar-refractivity contribution in [1.29, 1.82) is 0 Å². The van der Waals surface area contributed by atoms with Crippen molar-refractivity contribution in [1.82, 2.24) is 4.57 Å². The third-order valence-electron chi connectivity index (χ3n) is 4.11. The number of phenolic OH excluding ortho intramolecular Hbond substituents is 1. The topological polar surface area (TPSA) is 128 Å². The molecule has 0 aliphatic rings. The van der Waals surface area contributed by atoms with Gasteiger partial charge in [0.1, 0.15) is 5.75 Å². The third-order valence-corrected chi connectivity index (χ3v) is 4.11. The van der Waals surface area contributed by atoms with E-state index in [2.05, 4.69) is 5.32 Å². The number of oxazole rings is 1. The zero-order chi connectivity index (χ0) is 21.0. The molecular formula is C20H18N2O7. The van der Waals surface area contributed by atoms with Gasteiger partial charge in [-0.1, -0.05) is 12.1 Å². The second-order valence-electron chi connectivity index (χ2n) is 6.23. The monoisotopic (exact) mass is 398 g/mol. The van der Waals surface area contributed by atoms with Crippen molar-refractivity contribution in [3.05, 3.63) is 58.6 Å². The number of Topliss-reactive ketones (excluding diaryl/α,β-unsaturated/α-hetero) is 1. The molecule has 0 spiro atoms. The summed E-state index contributed by atoms with van der Waals surface area (Å²) in [5, 5.41) is 12.1. The van der Waals surface area contributed by atoms with Gasteiger partial charge < -0.3 is 19.6 Å². The average molecular weight is 398 g/mol. The number of aryl methyl sites for hydroxylation is 1. The minimum absolute atomic E-state index is 0.0504. The molecule has 0 bridgehead atoms. The highest BCUT2D eigenvalue weighted by atomic mass is 16.5. The molecule has 3 rings (SSSR count). The molecule has 0 saturated carbocycles. The van der Waals surface area contributed by atoms with Crippen molar-refractivity contribution in [2.75, 3.05) is 11.9 Å². The van der Waals surface area contributed by atoms with E-state index in [1.807, 2.05) is 0 Å². The van der Waals surface area contributed by atoms with Crippen molar-refractivity contribution in [3.8, 4) is 5.75 Å². The molecular weight excluding hydrogens is 380 g/mol. The zero-order valence-corrected chi connectivity index (χ0v) is 15.5. The summed E-state index contributed by atoms with van der Waals surface area (Å²) in [7, 11) is 0. The van der Waals surface area contributed by atoms with Gasteiger partial charge in [-0.3, -0.25) is 19.0 Å². The van der Waals surface area contributed by atoms with E-state index in [0.29, 0.717) is 11.1 Å². The Labute approximate surface area is 164 Å². The summed E-state index contributed by atoms with van der Waals surface area (Å²) in [6.45, 7) is 0.809. The average Bonchev–Trinajstić information content (AvgIpc) is 3.00. The highest BCUT2D eigenvalue weighted by molar-refractivity contribution is 6.00. The molecule has 0 atom stereocenters. The number of esters is 1. The summed E-state index contributed by atoms with van der Waals surface area (Å²) in [5.41, 5.74) is 1.23. The lowest BCUT2D eigenvalue weighted by Crippen LogP contribution is -2.19. The molecule has 9 heteroatoms. The maximum absolute atomic E-state index is 12.2.